The normalized spacial score (nSPS) is 9.33. The summed E-state index contributed by atoms with van der Waals surface area (Å²) < 4.78 is 0. The summed E-state index contributed by atoms with van der Waals surface area (Å²) in [4.78, 5) is 24.8. The number of carboxylic acids is 1. The minimum absolute atomic E-state index is 0.0327. The van der Waals surface area contributed by atoms with Crippen molar-refractivity contribution in [3.63, 3.8) is 0 Å². The third kappa shape index (κ3) is 10.1. The van der Waals surface area contributed by atoms with Crippen molar-refractivity contribution in [3.05, 3.63) is 0 Å². The molecule has 0 aliphatic rings. The van der Waals surface area contributed by atoms with E-state index in [1.807, 2.05) is 0 Å². The first-order valence-electron chi connectivity index (χ1n) is 4.56. The zero-order valence-corrected chi connectivity index (χ0v) is 8.40. The molecule has 0 spiro atoms. The van der Waals surface area contributed by atoms with Gasteiger partial charge in [0.05, 0.1) is 0 Å². The fourth-order valence-corrected chi connectivity index (χ4v) is 0.868. The number of rotatable bonds is 7. The molecule has 0 radical (unpaired) electrons. The predicted molar refractivity (Wildman–Crippen MR) is 55.2 cm³/mol. The van der Waals surface area contributed by atoms with Crippen molar-refractivity contribution >= 4 is 17.8 Å². The largest absolute Gasteiger partial charge is 0.480 e. The van der Waals surface area contributed by atoms with Crippen molar-refractivity contribution in [2.45, 2.75) is 19.3 Å². The van der Waals surface area contributed by atoms with Gasteiger partial charge in [-0.05, 0) is 12.8 Å². The number of carbonyl (C=O) groups excluding carboxylic acids is 1. The van der Waals surface area contributed by atoms with E-state index in [-0.39, 0.29) is 24.8 Å². The van der Waals surface area contributed by atoms with Gasteiger partial charge in [0.1, 0.15) is 6.54 Å². The summed E-state index contributed by atoms with van der Waals surface area (Å²) >= 11 is 0. The SMILES string of the molecule is NC(N)=NCCCCC(=O)NCC(=O)O. The average Bonchev–Trinajstić information content (AvgIpc) is 2.13. The van der Waals surface area contributed by atoms with Crippen LogP contribution in [-0.4, -0.2) is 36.0 Å². The predicted octanol–water partition coefficient (Wildman–Crippen LogP) is -1.37. The molecule has 15 heavy (non-hydrogen) atoms. The molecule has 0 saturated carbocycles. The molecule has 0 saturated heterocycles. The van der Waals surface area contributed by atoms with Crippen molar-refractivity contribution in [2.24, 2.45) is 16.5 Å². The molecule has 7 heteroatoms. The van der Waals surface area contributed by atoms with E-state index in [1.54, 1.807) is 0 Å². The lowest BCUT2D eigenvalue weighted by molar-refractivity contribution is -0.137. The Hall–Kier alpha value is -1.79. The van der Waals surface area contributed by atoms with Gasteiger partial charge in [0.15, 0.2) is 5.96 Å². The van der Waals surface area contributed by atoms with Gasteiger partial charge in [0.2, 0.25) is 5.91 Å². The third-order valence-corrected chi connectivity index (χ3v) is 1.54. The second-order valence-electron chi connectivity index (χ2n) is 2.93. The van der Waals surface area contributed by atoms with Crippen molar-refractivity contribution in [2.75, 3.05) is 13.1 Å². The molecule has 0 aliphatic heterocycles. The molecule has 6 N–H and O–H groups in total. The molecule has 0 aromatic carbocycles. The number of nitrogens with one attached hydrogen (secondary N) is 1. The van der Waals surface area contributed by atoms with Crippen LogP contribution in [0, 0.1) is 0 Å². The Kier molecular flexibility index (Phi) is 6.69. The van der Waals surface area contributed by atoms with Crippen molar-refractivity contribution in [3.8, 4) is 0 Å². The van der Waals surface area contributed by atoms with E-state index in [0.29, 0.717) is 19.4 Å². The molecule has 1 amide bonds. The molecule has 0 bridgehead atoms. The summed E-state index contributed by atoms with van der Waals surface area (Å²) in [6.45, 7) is 0.140. The minimum atomic E-state index is -1.05. The molecular weight excluding hydrogens is 200 g/mol. The number of aliphatic imine (C=N–C) groups is 1. The molecule has 86 valence electrons. The van der Waals surface area contributed by atoms with E-state index in [0.717, 1.165) is 0 Å². The lowest BCUT2D eigenvalue weighted by Gasteiger charge is -2.01. The number of hydrogen-bond donors (Lipinski definition) is 4. The summed E-state index contributed by atoms with van der Waals surface area (Å²) in [5.74, 6) is -1.30. The van der Waals surface area contributed by atoms with Crippen LogP contribution < -0.4 is 16.8 Å². The summed E-state index contributed by atoms with van der Waals surface area (Å²) in [5.41, 5.74) is 10.2. The standard InChI is InChI=1S/C8H16N4O3/c9-8(10)11-4-2-1-3-6(13)12-5-7(14)15/h1-5H2,(H,12,13)(H,14,15)(H4,9,10,11). The monoisotopic (exact) mass is 216 g/mol. The van der Waals surface area contributed by atoms with E-state index in [2.05, 4.69) is 10.3 Å². The van der Waals surface area contributed by atoms with E-state index >= 15 is 0 Å². The van der Waals surface area contributed by atoms with Crippen LogP contribution in [0.4, 0.5) is 0 Å². The van der Waals surface area contributed by atoms with Crippen LogP contribution in [-0.2, 0) is 9.59 Å². The average molecular weight is 216 g/mol. The number of guanidine groups is 1. The molecule has 0 unspecified atom stereocenters. The fraction of sp³-hybridized carbons (Fsp3) is 0.625. The van der Waals surface area contributed by atoms with Gasteiger partial charge >= 0.3 is 5.97 Å². The van der Waals surface area contributed by atoms with Crippen LogP contribution >= 0.6 is 0 Å². The molecule has 7 nitrogen and oxygen atoms in total. The van der Waals surface area contributed by atoms with E-state index in [4.69, 9.17) is 16.6 Å². The quantitative estimate of drug-likeness (QED) is 0.237. The Bertz CT molecular complexity index is 248. The van der Waals surface area contributed by atoms with Gasteiger partial charge in [-0.25, -0.2) is 0 Å². The van der Waals surface area contributed by atoms with Gasteiger partial charge in [-0.2, -0.15) is 0 Å². The smallest absolute Gasteiger partial charge is 0.322 e. The first kappa shape index (κ1) is 13.2. The minimum Gasteiger partial charge on any atom is -0.480 e. The van der Waals surface area contributed by atoms with Gasteiger partial charge in [-0.15, -0.1) is 0 Å². The van der Waals surface area contributed by atoms with Crippen molar-refractivity contribution in [1.29, 1.82) is 0 Å². The number of aliphatic carboxylic acids is 1. The van der Waals surface area contributed by atoms with Gasteiger partial charge in [-0.1, -0.05) is 0 Å². The second-order valence-corrected chi connectivity index (χ2v) is 2.93. The first-order valence-corrected chi connectivity index (χ1v) is 4.56. The Morgan fingerprint density at radius 1 is 1.27 bits per heavy atom. The summed E-state index contributed by atoms with van der Waals surface area (Å²) in [6.07, 6.45) is 1.61. The summed E-state index contributed by atoms with van der Waals surface area (Å²) in [5, 5.41) is 10.5. The van der Waals surface area contributed by atoms with Crippen LogP contribution in [0.3, 0.4) is 0 Å². The number of amides is 1. The number of nitrogens with two attached hydrogens (primary N) is 2. The van der Waals surface area contributed by atoms with E-state index in [1.165, 1.54) is 0 Å². The number of hydrogen-bond acceptors (Lipinski definition) is 3. The van der Waals surface area contributed by atoms with Crippen LogP contribution in [0.5, 0.6) is 0 Å². The lowest BCUT2D eigenvalue weighted by Crippen LogP contribution is -2.28. The fourth-order valence-electron chi connectivity index (χ4n) is 0.868. The molecule has 0 aliphatic carbocycles. The van der Waals surface area contributed by atoms with Crippen LogP contribution in [0.1, 0.15) is 19.3 Å². The topological polar surface area (TPSA) is 131 Å². The van der Waals surface area contributed by atoms with Gasteiger partial charge in [0.25, 0.3) is 0 Å². The van der Waals surface area contributed by atoms with Gasteiger partial charge in [-0.3, -0.25) is 14.6 Å². The van der Waals surface area contributed by atoms with Crippen molar-refractivity contribution in [1.82, 2.24) is 5.32 Å². The van der Waals surface area contributed by atoms with Crippen molar-refractivity contribution < 1.29 is 14.7 Å². The Balaban J connectivity index is 3.39. The number of nitrogens with zero attached hydrogens (tertiary/aromatic N) is 1. The third-order valence-electron chi connectivity index (χ3n) is 1.54. The zero-order valence-electron chi connectivity index (χ0n) is 8.40. The van der Waals surface area contributed by atoms with Gasteiger partial charge < -0.3 is 21.9 Å². The second kappa shape index (κ2) is 7.60. The highest BCUT2D eigenvalue weighted by Crippen LogP contribution is 1.95. The Morgan fingerprint density at radius 3 is 2.47 bits per heavy atom. The van der Waals surface area contributed by atoms with Gasteiger partial charge in [0, 0.05) is 13.0 Å². The molecule has 0 aromatic rings. The molecule has 0 aromatic heterocycles. The Labute approximate surface area is 87.5 Å². The number of carboxylic acid groups (broad SMARTS) is 1. The Morgan fingerprint density at radius 2 is 1.93 bits per heavy atom. The summed E-state index contributed by atoms with van der Waals surface area (Å²) in [7, 11) is 0. The van der Waals surface area contributed by atoms with Crippen LogP contribution in [0.15, 0.2) is 4.99 Å². The zero-order chi connectivity index (χ0) is 11.7. The van der Waals surface area contributed by atoms with E-state index in [9.17, 15) is 9.59 Å². The van der Waals surface area contributed by atoms with Crippen LogP contribution in [0.2, 0.25) is 0 Å². The molecular formula is C8H16N4O3. The molecule has 0 fully saturated rings. The highest BCUT2D eigenvalue weighted by atomic mass is 16.4. The maximum atomic E-state index is 11.0. The summed E-state index contributed by atoms with van der Waals surface area (Å²) in [6, 6.07) is 0. The lowest BCUT2D eigenvalue weighted by atomic mass is 10.2. The van der Waals surface area contributed by atoms with Crippen LogP contribution in [0.25, 0.3) is 0 Å². The molecule has 0 atom stereocenters. The highest BCUT2D eigenvalue weighted by molar-refractivity contribution is 5.81. The molecule has 0 heterocycles. The number of carbonyl (C=O) groups is 2. The number of unbranched alkanes of at least 4 members (excludes halogenated alkanes) is 1. The van der Waals surface area contributed by atoms with E-state index < -0.39 is 5.97 Å². The first-order chi connectivity index (χ1) is 7.02. The molecule has 0 rings (SSSR count). The maximum absolute atomic E-state index is 11.0. The maximum Gasteiger partial charge on any atom is 0.322 e. The highest BCUT2D eigenvalue weighted by Gasteiger charge is 2.02.